The molecule has 3 atom stereocenters. The summed E-state index contributed by atoms with van der Waals surface area (Å²) in [4.78, 5) is 14.1. The summed E-state index contributed by atoms with van der Waals surface area (Å²) in [6, 6.07) is 7.93. The average molecular weight is 305 g/mol. The summed E-state index contributed by atoms with van der Waals surface area (Å²) in [5.74, 6) is 1.41. The SMILES string of the molecule is CCC(C)c1ccccc1OCC(=O)N1CCC(C(C)O)C1. The van der Waals surface area contributed by atoms with Crippen LogP contribution in [-0.2, 0) is 4.79 Å². The summed E-state index contributed by atoms with van der Waals surface area (Å²) >= 11 is 0. The van der Waals surface area contributed by atoms with Crippen LogP contribution in [0.3, 0.4) is 0 Å². The van der Waals surface area contributed by atoms with E-state index in [1.165, 1.54) is 0 Å². The topological polar surface area (TPSA) is 49.8 Å². The van der Waals surface area contributed by atoms with Crippen LogP contribution < -0.4 is 4.74 Å². The van der Waals surface area contributed by atoms with Crippen molar-refractivity contribution < 1.29 is 14.6 Å². The molecule has 0 aromatic heterocycles. The molecule has 1 saturated heterocycles. The van der Waals surface area contributed by atoms with Gasteiger partial charge in [-0.05, 0) is 37.3 Å². The van der Waals surface area contributed by atoms with Crippen LogP contribution in [0, 0.1) is 5.92 Å². The van der Waals surface area contributed by atoms with Crippen molar-refractivity contribution in [3.63, 3.8) is 0 Å². The molecule has 1 aliphatic heterocycles. The summed E-state index contributed by atoms with van der Waals surface area (Å²) in [5.41, 5.74) is 1.15. The van der Waals surface area contributed by atoms with Crippen LogP contribution >= 0.6 is 0 Å². The van der Waals surface area contributed by atoms with Gasteiger partial charge in [0.15, 0.2) is 6.61 Å². The maximum Gasteiger partial charge on any atom is 0.260 e. The van der Waals surface area contributed by atoms with E-state index in [9.17, 15) is 9.90 Å². The minimum absolute atomic E-state index is 0.00195. The first-order chi connectivity index (χ1) is 10.5. The van der Waals surface area contributed by atoms with Gasteiger partial charge in [-0.3, -0.25) is 4.79 Å². The predicted molar refractivity (Wildman–Crippen MR) is 87.0 cm³/mol. The van der Waals surface area contributed by atoms with Gasteiger partial charge >= 0.3 is 0 Å². The van der Waals surface area contributed by atoms with Crippen molar-refractivity contribution >= 4 is 5.91 Å². The van der Waals surface area contributed by atoms with E-state index in [0.29, 0.717) is 19.0 Å². The highest BCUT2D eigenvalue weighted by molar-refractivity contribution is 5.78. The Morgan fingerprint density at radius 2 is 2.14 bits per heavy atom. The third-order valence-corrected chi connectivity index (χ3v) is 4.67. The first-order valence-electron chi connectivity index (χ1n) is 8.20. The third-order valence-electron chi connectivity index (χ3n) is 4.67. The molecule has 4 nitrogen and oxygen atoms in total. The van der Waals surface area contributed by atoms with Gasteiger partial charge in [-0.2, -0.15) is 0 Å². The Hall–Kier alpha value is -1.55. The second-order valence-electron chi connectivity index (χ2n) is 6.26. The maximum absolute atomic E-state index is 12.3. The van der Waals surface area contributed by atoms with Crippen LogP contribution in [0.2, 0.25) is 0 Å². The van der Waals surface area contributed by atoms with E-state index >= 15 is 0 Å². The zero-order chi connectivity index (χ0) is 16.1. The van der Waals surface area contributed by atoms with Crippen molar-refractivity contribution in [2.45, 2.75) is 45.6 Å². The highest BCUT2D eigenvalue weighted by Gasteiger charge is 2.29. The highest BCUT2D eigenvalue weighted by Crippen LogP contribution is 2.28. The molecule has 1 aromatic carbocycles. The number of carbonyl (C=O) groups is 1. The monoisotopic (exact) mass is 305 g/mol. The number of hydrogen-bond acceptors (Lipinski definition) is 3. The van der Waals surface area contributed by atoms with Gasteiger partial charge in [-0.25, -0.2) is 0 Å². The van der Waals surface area contributed by atoms with Crippen molar-refractivity contribution in [3.8, 4) is 5.75 Å². The zero-order valence-electron chi connectivity index (χ0n) is 13.8. The Labute approximate surface area is 133 Å². The number of rotatable bonds is 6. The van der Waals surface area contributed by atoms with Crippen molar-refractivity contribution in [3.05, 3.63) is 29.8 Å². The fourth-order valence-electron chi connectivity index (χ4n) is 2.88. The van der Waals surface area contributed by atoms with E-state index in [0.717, 1.165) is 24.2 Å². The second-order valence-corrected chi connectivity index (χ2v) is 6.26. The van der Waals surface area contributed by atoms with Crippen molar-refractivity contribution in [2.75, 3.05) is 19.7 Å². The maximum atomic E-state index is 12.3. The molecule has 2 rings (SSSR count). The Morgan fingerprint density at radius 3 is 2.77 bits per heavy atom. The van der Waals surface area contributed by atoms with Crippen LogP contribution in [0.5, 0.6) is 5.75 Å². The molecule has 122 valence electrons. The Morgan fingerprint density at radius 1 is 1.41 bits per heavy atom. The molecule has 1 fully saturated rings. The Kier molecular flexibility index (Phi) is 5.83. The molecule has 0 saturated carbocycles. The summed E-state index contributed by atoms with van der Waals surface area (Å²) in [7, 11) is 0. The average Bonchev–Trinajstić information content (AvgIpc) is 3.02. The van der Waals surface area contributed by atoms with Gasteiger partial charge in [0.25, 0.3) is 5.91 Å². The van der Waals surface area contributed by atoms with Gasteiger partial charge in [-0.1, -0.05) is 32.0 Å². The molecule has 1 N–H and O–H groups in total. The summed E-state index contributed by atoms with van der Waals surface area (Å²) < 4.78 is 5.78. The standard InChI is InChI=1S/C18H27NO3/c1-4-13(2)16-7-5-6-8-17(16)22-12-18(21)19-10-9-15(11-19)14(3)20/h5-8,13-15,20H,4,9-12H2,1-3H3. The molecule has 3 unspecified atom stereocenters. The van der Waals surface area contributed by atoms with E-state index in [1.54, 1.807) is 11.8 Å². The molecule has 0 bridgehead atoms. The smallest absolute Gasteiger partial charge is 0.260 e. The van der Waals surface area contributed by atoms with E-state index in [-0.39, 0.29) is 24.5 Å². The van der Waals surface area contributed by atoms with Gasteiger partial charge in [0.05, 0.1) is 6.10 Å². The number of amides is 1. The molecular weight excluding hydrogens is 278 g/mol. The normalized spacial score (nSPS) is 20.7. The molecule has 1 amide bonds. The van der Waals surface area contributed by atoms with Gasteiger partial charge in [0.2, 0.25) is 0 Å². The number of benzene rings is 1. The van der Waals surface area contributed by atoms with Crippen LogP contribution in [0.1, 0.15) is 45.1 Å². The molecule has 1 heterocycles. The molecule has 22 heavy (non-hydrogen) atoms. The summed E-state index contributed by atoms with van der Waals surface area (Å²) in [6.45, 7) is 7.51. The number of carbonyl (C=O) groups excluding carboxylic acids is 1. The molecule has 0 radical (unpaired) electrons. The lowest BCUT2D eigenvalue weighted by Gasteiger charge is -2.19. The van der Waals surface area contributed by atoms with E-state index in [4.69, 9.17) is 4.74 Å². The number of para-hydroxylation sites is 1. The molecule has 0 aliphatic carbocycles. The number of ether oxygens (including phenoxy) is 1. The minimum Gasteiger partial charge on any atom is -0.483 e. The van der Waals surface area contributed by atoms with Gasteiger partial charge in [-0.15, -0.1) is 0 Å². The summed E-state index contributed by atoms with van der Waals surface area (Å²) in [5, 5.41) is 9.61. The summed E-state index contributed by atoms with van der Waals surface area (Å²) in [6.07, 6.45) is 1.55. The van der Waals surface area contributed by atoms with E-state index < -0.39 is 0 Å². The van der Waals surface area contributed by atoms with Gasteiger partial charge in [0.1, 0.15) is 5.75 Å². The molecule has 1 aliphatic rings. The number of hydrogen-bond donors (Lipinski definition) is 1. The van der Waals surface area contributed by atoms with E-state index in [1.807, 2.05) is 18.2 Å². The molecule has 1 aromatic rings. The Bertz CT molecular complexity index is 501. The van der Waals surface area contributed by atoms with Crippen molar-refractivity contribution in [1.29, 1.82) is 0 Å². The first-order valence-corrected chi connectivity index (χ1v) is 8.20. The molecule has 4 heteroatoms. The van der Waals surface area contributed by atoms with Gasteiger partial charge in [0, 0.05) is 19.0 Å². The number of likely N-dealkylation sites (tertiary alicyclic amines) is 1. The van der Waals surface area contributed by atoms with Gasteiger partial charge < -0.3 is 14.7 Å². The number of aliphatic hydroxyl groups is 1. The fraction of sp³-hybridized carbons (Fsp3) is 0.611. The van der Waals surface area contributed by atoms with Crippen LogP contribution in [0.25, 0.3) is 0 Å². The molecular formula is C18H27NO3. The van der Waals surface area contributed by atoms with Crippen LogP contribution in [0.4, 0.5) is 0 Å². The lowest BCUT2D eigenvalue weighted by Crippen LogP contribution is -2.34. The van der Waals surface area contributed by atoms with Crippen molar-refractivity contribution in [2.24, 2.45) is 5.92 Å². The van der Waals surface area contributed by atoms with Crippen LogP contribution in [0.15, 0.2) is 24.3 Å². The highest BCUT2D eigenvalue weighted by atomic mass is 16.5. The molecule has 0 spiro atoms. The van der Waals surface area contributed by atoms with Crippen LogP contribution in [-0.4, -0.2) is 41.7 Å². The lowest BCUT2D eigenvalue weighted by molar-refractivity contribution is -0.132. The Balaban J connectivity index is 1.92. The zero-order valence-corrected chi connectivity index (χ0v) is 13.8. The predicted octanol–water partition coefficient (Wildman–Crippen LogP) is 2.81. The largest absolute Gasteiger partial charge is 0.483 e. The minimum atomic E-state index is -0.357. The van der Waals surface area contributed by atoms with Crippen molar-refractivity contribution in [1.82, 2.24) is 4.90 Å². The lowest BCUT2D eigenvalue weighted by atomic mass is 9.98. The third kappa shape index (κ3) is 4.01. The second kappa shape index (κ2) is 7.63. The quantitative estimate of drug-likeness (QED) is 0.879. The fourth-order valence-corrected chi connectivity index (χ4v) is 2.88. The van der Waals surface area contributed by atoms with E-state index in [2.05, 4.69) is 19.9 Å². The first kappa shape index (κ1) is 16.8. The number of nitrogens with zero attached hydrogens (tertiary/aromatic N) is 1. The number of aliphatic hydroxyl groups excluding tert-OH is 1.